The third kappa shape index (κ3) is 4.14. The van der Waals surface area contributed by atoms with Crippen molar-refractivity contribution in [2.24, 2.45) is 0 Å². The number of benzene rings is 2. The highest BCUT2D eigenvalue weighted by molar-refractivity contribution is 6.04. The molecular formula is C23H24N4O. The van der Waals surface area contributed by atoms with E-state index in [1.54, 1.807) is 24.5 Å². The van der Waals surface area contributed by atoms with Gasteiger partial charge in [0.25, 0.3) is 5.91 Å². The summed E-state index contributed by atoms with van der Waals surface area (Å²) in [6.07, 6.45) is 3.22. The third-order valence-corrected chi connectivity index (χ3v) is 5.06. The van der Waals surface area contributed by atoms with Crippen LogP contribution in [0, 0.1) is 6.92 Å². The minimum absolute atomic E-state index is 0.146. The van der Waals surface area contributed by atoms with Crippen LogP contribution in [0.1, 0.15) is 15.9 Å². The van der Waals surface area contributed by atoms with Gasteiger partial charge in [-0.25, -0.2) is 0 Å². The van der Waals surface area contributed by atoms with Crippen LogP contribution in [-0.4, -0.2) is 37.1 Å². The van der Waals surface area contributed by atoms with Gasteiger partial charge in [0.1, 0.15) is 0 Å². The van der Waals surface area contributed by atoms with E-state index in [0.29, 0.717) is 5.56 Å². The largest absolute Gasteiger partial charge is 0.368 e. The highest BCUT2D eigenvalue weighted by Gasteiger charge is 2.17. The predicted molar refractivity (Wildman–Crippen MR) is 114 cm³/mol. The number of hydrogen-bond acceptors (Lipinski definition) is 4. The fraction of sp³-hybridized carbons (Fsp3) is 0.217. The summed E-state index contributed by atoms with van der Waals surface area (Å²) in [5, 5.41) is 2.92. The smallest absolute Gasteiger partial charge is 0.257 e. The van der Waals surface area contributed by atoms with Crippen LogP contribution in [0.2, 0.25) is 0 Å². The molecule has 5 heteroatoms. The van der Waals surface area contributed by atoms with Crippen LogP contribution >= 0.6 is 0 Å². The molecule has 0 atom stereocenters. The molecule has 0 spiro atoms. The van der Waals surface area contributed by atoms with E-state index < -0.39 is 0 Å². The lowest BCUT2D eigenvalue weighted by molar-refractivity contribution is 0.102. The van der Waals surface area contributed by atoms with Gasteiger partial charge in [-0.15, -0.1) is 0 Å². The van der Waals surface area contributed by atoms with Crippen molar-refractivity contribution in [2.75, 3.05) is 41.3 Å². The molecule has 2 heterocycles. The van der Waals surface area contributed by atoms with E-state index in [-0.39, 0.29) is 5.91 Å². The quantitative estimate of drug-likeness (QED) is 0.753. The zero-order chi connectivity index (χ0) is 19.3. The third-order valence-electron chi connectivity index (χ3n) is 5.06. The Bertz CT molecular complexity index is 932. The summed E-state index contributed by atoms with van der Waals surface area (Å²) in [6, 6.07) is 20.2. The van der Waals surface area contributed by atoms with Crippen molar-refractivity contribution >= 4 is 23.0 Å². The van der Waals surface area contributed by atoms with E-state index in [1.165, 1.54) is 16.9 Å². The first kappa shape index (κ1) is 18.0. The monoisotopic (exact) mass is 372 g/mol. The number of hydrogen-bond donors (Lipinski definition) is 1. The van der Waals surface area contributed by atoms with Gasteiger partial charge in [0, 0.05) is 55.6 Å². The fourth-order valence-corrected chi connectivity index (χ4v) is 3.50. The van der Waals surface area contributed by atoms with Crippen molar-refractivity contribution in [1.29, 1.82) is 0 Å². The molecule has 1 amide bonds. The number of rotatable bonds is 4. The van der Waals surface area contributed by atoms with Gasteiger partial charge in [0.05, 0.1) is 5.56 Å². The number of aromatic nitrogens is 1. The Hall–Kier alpha value is -3.34. The number of carbonyl (C=O) groups excluding carboxylic acids is 1. The molecule has 1 aliphatic heterocycles. The first-order valence-corrected chi connectivity index (χ1v) is 9.57. The van der Waals surface area contributed by atoms with Crippen molar-refractivity contribution in [3.8, 4) is 0 Å². The van der Waals surface area contributed by atoms with Crippen LogP contribution in [0.15, 0.2) is 73.1 Å². The summed E-state index contributed by atoms with van der Waals surface area (Å²) < 4.78 is 0. The summed E-state index contributed by atoms with van der Waals surface area (Å²) in [7, 11) is 0. The van der Waals surface area contributed by atoms with Crippen LogP contribution in [0.3, 0.4) is 0 Å². The number of piperazine rings is 1. The molecule has 1 saturated heterocycles. The first-order chi connectivity index (χ1) is 13.7. The maximum atomic E-state index is 12.2. The van der Waals surface area contributed by atoms with Gasteiger partial charge in [-0.1, -0.05) is 12.1 Å². The Balaban J connectivity index is 1.35. The van der Waals surface area contributed by atoms with Crippen LogP contribution < -0.4 is 15.1 Å². The van der Waals surface area contributed by atoms with E-state index in [1.807, 2.05) is 12.1 Å². The number of amides is 1. The van der Waals surface area contributed by atoms with E-state index in [4.69, 9.17) is 0 Å². The zero-order valence-electron chi connectivity index (χ0n) is 16.0. The van der Waals surface area contributed by atoms with Gasteiger partial charge in [-0.05, 0) is 61.0 Å². The van der Waals surface area contributed by atoms with Crippen molar-refractivity contribution in [2.45, 2.75) is 6.92 Å². The summed E-state index contributed by atoms with van der Waals surface area (Å²) >= 11 is 0. The van der Waals surface area contributed by atoms with Gasteiger partial charge in [0.2, 0.25) is 0 Å². The zero-order valence-corrected chi connectivity index (χ0v) is 16.0. The molecule has 0 radical (unpaired) electrons. The molecule has 4 rings (SSSR count). The van der Waals surface area contributed by atoms with Crippen LogP contribution in [0.25, 0.3) is 0 Å². The fourth-order valence-electron chi connectivity index (χ4n) is 3.50. The van der Waals surface area contributed by atoms with E-state index in [2.05, 4.69) is 63.4 Å². The molecular weight excluding hydrogens is 348 g/mol. The SMILES string of the molecule is Cc1cccc(N2CCN(c3ccc(NC(=O)c4cccnc4)cc3)CC2)c1. The Morgan fingerprint density at radius 1 is 0.893 bits per heavy atom. The molecule has 28 heavy (non-hydrogen) atoms. The lowest BCUT2D eigenvalue weighted by Crippen LogP contribution is -2.46. The maximum Gasteiger partial charge on any atom is 0.257 e. The molecule has 0 aliphatic carbocycles. The van der Waals surface area contributed by atoms with Crippen LogP contribution in [0.4, 0.5) is 17.1 Å². The number of pyridine rings is 1. The molecule has 1 aromatic heterocycles. The number of nitrogens with zero attached hydrogens (tertiary/aromatic N) is 3. The average Bonchev–Trinajstić information content (AvgIpc) is 2.75. The predicted octanol–water partition coefficient (Wildman–Crippen LogP) is 3.97. The molecule has 142 valence electrons. The summed E-state index contributed by atoms with van der Waals surface area (Å²) in [6.45, 7) is 6.10. The molecule has 0 bridgehead atoms. The van der Waals surface area contributed by atoms with E-state index in [0.717, 1.165) is 31.9 Å². The van der Waals surface area contributed by atoms with Crippen molar-refractivity contribution in [3.05, 3.63) is 84.2 Å². The Morgan fingerprint density at radius 2 is 1.61 bits per heavy atom. The lowest BCUT2D eigenvalue weighted by Gasteiger charge is -2.37. The first-order valence-electron chi connectivity index (χ1n) is 9.57. The second-order valence-corrected chi connectivity index (χ2v) is 7.06. The number of carbonyl (C=O) groups is 1. The minimum Gasteiger partial charge on any atom is -0.368 e. The van der Waals surface area contributed by atoms with Crippen LogP contribution in [-0.2, 0) is 0 Å². The molecule has 0 unspecified atom stereocenters. The van der Waals surface area contributed by atoms with Gasteiger partial charge in [0.15, 0.2) is 0 Å². The number of anilines is 3. The Kier molecular flexibility index (Phi) is 5.24. The normalized spacial score (nSPS) is 14.0. The van der Waals surface area contributed by atoms with E-state index in [9.17, 15) is 4.79 Å². The summed E-state index contributed by atoms with van der Waals surface area (Å²) in [5.74, 6) is -0.146. The molecule has 1 aliphatic rings. The van der Waals surface area contributed by atoms with E-state index >= 15 is 0 Å². The topological polar surface area (TPSA) is 48.5 Å². The Morgan fingerprint density at radius 3 is 2.25 bits per heavy atom. The molecule has 0 saturated carbocycles. The highest BCUT2D eigenvalue weighted by atomic mass is 16.1. The standard InChI is InChI=1S/C23H24N4O/c1-18-4-2-6-22(16-18)27-14-12-26(13-15-27)21-9-7-20(8-10-21)25-23(28)19-5-3-11-24-17-19/h2-11,16-17H,12-15H2,1H3,(H,25,28). The van der Waals surface area contributed by atoms with Gasteiger partial charge >= 0.3 is 0 Å². The number of nitrogens with one attached hydrogen (secondary N) is 1. The summed E-state index contributed by atoms with van der Waals surface area (Å²) in [4.78, 5) is 21.0. The van der Waals surface area contributed by atoms with Crippen LogP contribution in [0.5, 0.6) is 0 Å². The minimum atomic E-state index is -0.146. The van der Waals surface area contributed by atoms with Crippen molar-refractivity contribution in [1.82, 2.24) is 4.98 Å². The van der Waals surface area contributed by atoms with Crippen molar-refractivity contribution in [3.63, 3.8) is 0 Å². The van der Waals surface area contributed by atoms with Gasteiger partial charge < -0.3 is 15.1 Å². The molecule has 5 nitrogen and oxygen atoms in total. The molecule has 1 fully saturated rings. The number of aryl methyl sites for hydroxylation is 1. The second kappa shape index (κ2) is 8.13. The van der Waals surface area contributed by atoms with Crippen molar-refractivity contribution < 1.29 is 4.79 Å². The highest BCUT2D eigenvalue weighted by Crippen LogP contribution is 2.23. The van der Waals surface area contributed by atoms with Gasteiger partial charge in [-0.3, -0.25) is 9.78 Å². The molecule has 1 N–H and O–H groups in total. The lowest BCUT2D eigenvalue weighted by atomic mass is 10.1. The second-order valence-electron chi connectivity index (χ2n) is 7.06. The summed E-state index contributed by atoms with van der Waals surface area (Å²) in [5.41, 5.74) is 5.12. The molecule has 2 aromatic carbocycles. The Labute approximate surface area is 165 Å². The average molecular weight is 372 g/mol. The maximum absolute atomic E-state index is 12.2. The van der Waals surface area contributed by atoms with Gasteiger partial charge in [-0.2, -0.15) is 0 Å². The molecule has 3 aromatic rings.